The lowest BCUT2D eigenvalue weighted by Gasteiger charge is -2.22. The Labute approximate surface area is 121 Å². The van der Waals surface area contributed by atoms with E-state index in [-0.39, 0.29) is 0 Å². The minimum atomic E-state index is 0.855. The van der Waals surface area contributed by atoms with Gasteiger partial charge in [0.15, 0.2) is 0 Å². The van der Waals surface area contributed by atoms with Crippen LogP contribution in [0.15, 0.2) is 36.4 Å². The third-order valence-electron chi connectivity index (χ3n) is 4.18. The van der Waals surface area contributed by atoms with E-state index < -0.39 is 0 Å². The number of nitrogen functional groups attached to an aromatic ring is 1. The summed E-state index contributed by atoms with van der Waals surface area (Å²) >= 11 is 0. The topological polar surface area (TPSA) is 29.3 Å². The van der Waals surface area contributed by atoms with Gasteiger partial charge in [0.25, 0.3) is 0 Å². The highest BCUT2D eigenvalue weighted by molar-refractivity contribution is 5.68. The van der Waals surface area contributed by atoms with Gasteiger partial charge in [-0.2, -0.15) is 0 Å². The molecule has 2 N–H and O–H groups in total. The Morgan fingerprint density at radius 3 is 2.65 bits per heavy atom. The molecule has 0 saturated carbocycles. The van der Waals surface area contributed by atoms with Gasteiger partial charge in [-0.1, -0.05) is 24.3 Å². The number of hydrogen-bond acceptors (Lipinski definition) is 2. The second kappa shape index (κ2) is 5.20. The Hall–Kier alpha value is -1.96. The number of rotatable bonds is 3. The van der Waals surface area contributed by atoms with E-state index in [1.54, 1.807) is 0 Å². The first-order valence-corrected chi connectivity index (χ1v) is 7.31. The van der Waals surface area contributed by atoms with Crippen molar-refractivity contribution in [2.75, 3.05) is 17.7 Å². The number of nitrogens with two attached hydrogens (primary N) is 1. The lowest BCUT2D eigenvalue weighted by molar-refractivity contribution is 0.907. The number of benzene rings is 2. The van der Waals surface area contributed by atoms with Crippen LogP contribution >= 0.6 is 0 Å². The molecule has 0 aromatic heterocycles. The Kier molecular flexibility index (Phi) is 3.39. The van der Waals surface area contributed by atoms with Gasteiger partial charge in [-0.25, -0.2) is 0 Å². The van der Waals surface area contributed by atoms with Crippen LogP contribution in [0.2, 0.25) is 0 Å². The van der Waals surface area contributed by atoms with Gasteiger partial charge in [0.1, 0.15) is 0 Å². The second-order valence-corrected chi connectivity index (χ2v) is 5.87. The van der Waals surface area contributed by atoms with Gasteiger partial charge < -0.3 is 10.6 Å². The number of hydrogen-bond donors (Lipinski definition) is 1. The molecule has 2 heteroatoms. The molecule has 0 amide bonds. The van der Waals surface area contributed by atoms with Crippen LogP contribution in [0.25, 0.3) is 0 Å². The highest BCUT2D eigenvalue weighted by Gasteiger charge is 2.12. The van der Waals surface area contributed by atoms with Crippen LogP contribution in [-0.2, 0) is 19.4 Å². The summed E-state index contributed by atoms with van der Waals surface area (Å²) in [5, 5.41) is 0. The molecular weight excluding hydrogens is 244 g/mol. The van der Waals surface area contributed by atoms with Crippen molar-refractivity contribution in [3.63, 3.8) is 0 Å². The van der Waals surface area contributed by atoms with Crippen LogP contribution in [0.4, 0.5) is 11.4 Å². The summed E-state index contributed by atoms with van der Waals surface area (Å²) in [6, 6.07) is 13.2. The number of aryl methyl sites for hydroxylation is 3. The molecule has 3 rings (SSSR count). The van der Waals surface area contributed by atoms with Crippen molar-refractivity contribution < 1.29 is 0 Å². The summed E-state index contributed by atoms with van der Waals surface area (Å²) in [6.45, 7) is 2.97. The Bertz CT molecular complexity index is 631. The predicted octanol–water partition coefficient (Wildman–Crippen LogP) is 3.70. The zero-order valence-electron chi connectivity index (χ0n) is 12.3. The van der Waals surface area contributed by atoms with Crippen LogP contribution in [-0.4, -0.2) is 7.05 Å². The molecule has 0 aliphatic heterocycles. The first-order chi connectivity index (χ1) is 9.63. The summed E-state index contributed by atoms with van der Waals surface area (Å²) in [6.07, 6.45) is 3.79. The van der Waals surface area contributed by atoms with Gasteiger partial charge in [-0.3, -0.25) is 0 Å². The molecule has 2 aromatic rings. The van der Waals surface area contributed by atoms with Crippen molar-refractivity contribution in [3.05, 3.63) is 58.7 Å². The molecule has 104 valence electrons. The van der Waals surface area contributed by atoms with E-state index in [1.807, 2.05) is 6.07 Å². The molecule has 0 saturated heterocycles. The molecule has 1 aliphatic rings. The van der Waals surface area contributed by atoms with E-state index in [0.29, 0.717) is 0 Å². The van der Waals surface area contributed by atoms with E-state index in [2.05, 4.69) is 49.2 Å². The fraction of sp³-hybridized carbons (Fsp3) is 0.333. The zero-order valence-corrected chi connectivity index (χ0v) is 12.3. The van der Waals surface area contributed by atoms with Crippen molar-refractivity contribution in [3.8, 4) is 0 Å². The summed E-state index contributed by atoms with van der Waals surface area (Å²) in [5.74, 6) is 0. The van der Waals surface area contributed by atoms with E-state index >= 15 is 0 Å². The van der Waals surface area contributed by atoms with E-state index in [0.717, 1.165) is 17.9 Å². The molecule has 2 aromatic carbocycles. The molecule has 0 heterocycles. The molecule has 0 spiro atoms. The van der Waals surface area contributed by atoms with Crippen molar-refractivity contribution in [2.24, 2.45) is 0 Å². The van der Waals surface area contributed by atoms with E-state index in [1.165, 1.54) is 41.5 Å². The average Bonchev–Trinajstić information content (AvgIpc) is 2.85. The first-order valence-electron chi connectivity index (χ1n) is 7.31. The Morgan fingerprint density at radius 1 is 1.05 bits per heavy atom. The van der Waals surface area contributed by atoms with Gasteiger partial charge in [0, 0.05) is 13.6 Å². The van der Waals surface area contributed by atoms with E-state index in [4.69, 9.17) is 5.73 Å². The third-order valence-corrected chi connectivity index (χ3v) is 4.18. The van der Waals surface area contributed by atoms with E-state index in [9.17, 15) is 0 Å². The molecular formula is C18H22N2. The minimum Gasteiger partial charge on any atom is -0.397 e. The largest absolute Gasteiger partial charge is 0.397 e. The predicted molar refractivity (Wildman–Crippen MR) is 86.2 cm³/mol. The maximum Gasteiger partial charge on any atom is 0.0600 e. The number of nitrogens with zero attached hydrogens (tertiary/aromatic N) is 1. The fourth-order valence-electron chi connectivity index (χ4n) is 3.10. The molecule has 0 unspecified atom stereocenters. The smallest absolute Gasteiger partial charge is 0.0600 e. The maximum absolute atomic E-state index is 6.12. The van der Waals surface area contributed by atoms with Gasteiger partial charge in [0.05, 0.1) is 11.4 Å². The Morgan fingerprint density at radius 2 is 1.85 bits per heavy atom. The summed E-state index contributed by atoms with van der Waals surface area (Å²) in [7, 11) is 2.11. The molecule has 0 atom stereocenters. The van der Waals surface area contributed by atoms with Crippen LogP contribution in [0.3, 0.4) is 0 Å². The standard InChI is InChI=1S/C18H22N2/c1-13-6-9-18(17(19)10-13)20(2)12-14-7-8-15-4-3-5-16(15)11-14/h6-11H,3-5,12,19H2,1-2H3. The molecule has 0 bridgehead atoms. The van der Waals surface area contributed by atoms with Gasteiger partial charge in [-0.05, 0) is 60.6 Å². The lowest BCUT2D eigenvalue weighted by Crippen LogP contribution is -2.18. The third kappa shape index (κ3) is 2.51. The van der Waals surface area contributed by atoms with Crippen molar-refractivity contribution in [1.29, 1.82) is 0 Å². The summed E-state index contributed by atoms with van der Waals surface area (Å²) in [5.41, 5.74) is 13.7. The second-order valence-electron chi connectivity index (χ2n) is 5.87. The lowest BCUT2D eigenvalue weighted by atomic mass is 10.1. The SMILES string of the molecule is Cc1ccc(N(C)Cc2ccc3c(c2)CCC3)c(N)c1. The van der Waals surface area contributed by atoms with Gasteiger partial charge >= 0.3 is 0 Å². The summed E-state index contributed by atoms with van der Waals surface area (Å²) in [4.78, 5) is 2.23. The quantitative estimate of drug-likeness (QED) is 0.858. The molecule has 2 nitrogen and oxygen atoms in total. The highest BCUT2D eigenvalue weighted by atomic mass is 15.1. The van der Waals surface area contributed by atoms with Crippen LogP contribution in [0.1, 0.15) is 28.7 Å². The average molecular weight is 266 g/mol. The maximum atomic E-state index is 6.12. The number of fused-ring (bicyclic) bond motifs is 1. The normalized spacial score (nSPS) is 13.3. The van der Waals surface area contributed by atoms with Crippen LogP contribution in [0.5, 0.6) is 0 Å². The van der Waals surface area contributed by atoms with Crippen molar-refractivity contribution >= 4 is 11.4 Å². The van der Waals surface area contributed by atoms with Crippen LogP contribution in [0, 0.1) is 6.92 Å². The first kappa shape index (κ1) is 13.0. The zero-order chi connectivity index (χ0) is 14.1. The minimum absolute atomic E-state index is 0.855. The fourth-order valence-corrected chi connectivity index (χ4v) is 3.10. The highest BCUT2D eigenvalue weighted by Crippen LogP contribution is 2.27. The van der Waals surface area contributed by atoms with Crippen molar-refractivity contribution in [2.45, 2.75) is 32.7 Å². The molecule has 1 aliphatic carbocycles. The molecule has 20 heavy (non-hydrogen) atoms. The van der Waals surface area contributed by atoms with Crippen LogP contribution < -0.4 is 10.6 Å². The Balaban J connectivity index is 1.80. The summed E-state index contributed by atoms with van der Waals surface area (Å²) < 4.78 is 0. The van der Waals surface area contributed by atoms with Crippen molar-refractivity contribution in [1.82, 2.24) is 0 Å². The molecule has 0 fully saturated rings. The monoisotopic (exact) mass is 266 g/mol. The van der Waals surface area contributed by atoms with Gasteiger partial charge in [0.2, 0.25) is 0 Å². The van der Waals surface area contributed by atoms with Gasteiger partial charge in [-0.15, -0.1) is 0 Å². The molecule has 0 radical (unpaired) electrons. The number of anilines is 2.